The zero-order chi connectivity index (χ0) is 13.1. The van der Waals surface area contributed by atoms with Crippen LogP contribution in [0.2, 0.25) is 0 Å². The molecule has 0 aliphatic heterocycles. The van der Waals surface area contributed by atoms with Gasteiger partial charge in [0, 0.05) is 12.1 Å². The van der Waals surface area contributed by atoms with Crippen molar-refractivity contribution in [1.82, 2.24) is 5.43 Å². The first-order chi connectivity index (χ1) is 8.60. The zero-order valence-electron chi connectivity index (χ0n) is 10.6. The van der Waals surface area contributed by atoms with E-state index in [-0.39, 0.29) is 6.04 Å². The van der Waals surface area contributed by atoms with Crippen LogP contribution in [-0.4, -0.2) is 6.04 Å². The smallest absolute Gasteiger partial charge is 0.126 e. The Balaban J connectivity index is 2.09. The second kappa shape index (κ2) is 5.76. The minimum atomic E-state index is -0.528. The van der Waals surface area contributed by atoms with Crippen LogP contribution in [0, 0.1) is 23.5 Å². The van der Waals surface area contributed by atoms with Gasteiger partial charge < -0.3 is 0 Å². The lowest BCUT2D eigenvalue weighted by Crippen LogP contribution is -2.43. The number of nitrogens with two attached hydrogens (primary N) is 1. The monoisotopic (exact) mass is 254 g/mol. The third-order valence-corrected chi connectivity index (χ3v) is 4.04. The van der Waals surface area contributed by atoms with Crippen molar-refractivity contribution in [2.45, 2.75) is 38.6 Å². The summed E-state index contributed by atoms with van der Waals surface area (Å²) in [5.41, 5.74) is 3.48. The summed E-state index contributed by atoms with van der Waals surface area (Å²) in [6.45, 7) is 2.22. The lowest BCUT2D eigenvalue weighted by atomic mass is 9.87. The molecule has 2 rings (SSSR count). The largest absolute Gasteiger partial charge is 0.271 e. The van der Waals surface area contributed by atoms with E-state index in [9.17, 15) is 8.78 Å². The molecule has 0 saturated heterocycles. The highest BCUT2D eigenvalue weighted by Gasteiger charge is 2.30. The summed E-state index contributed by atoms with van der Waals surface area (Å²) < 4.78 is 26.3. The molecule has 1 saturated carbocycles. The fourth-order valence-electron chi connectivity index (χ4n) is 3.09. The van der Waals surface area contributed by atoms with Crippen molar-refractivity contribution in [1.29, 1.82) is 0 Å². The van der Waals surface area contributed by atoms with Gasteiger partial charge >= 0.3 is 0 Å². The van der Waals surface area contributed by atoms with E-state index in [1.165, 1.54) is 25.0 Å². The number of benzene rings is 1. The molecule has 1 fully saturated rings. The molecule has 0 aromatic heterocycles. The Morgan fingerprint density at radius 3 is 2.44 bits per heavy atom. The standard InChI is InChI=1S/C14H20F2N2/c1-9-3-2-4-13(9)14(18-17)7-10-5-11(15)8-12(16)6-10/h5-6,8-9,13-14,18H,2-4,7,17H2,1H3. The first-order valence-electron chi connectivity index (χ1n) is 6.51. The fraction of sp³-hybridized carbons (Fsp3) is 0.571. The van der Waals surface area contributed by atoms with Crippen molar-refractivity contribution >= 4 is 0 Å². The molecule has 18 heavy (non-hydrogen) atoms. The van der Waals surface area contributed by atoms with Gasteiger partial charge in [-0.1, -0.05) is 19.8 Å². The van der Waals surface area contributed by atoms with Gasteiger partial charge in [0.05, 0.1) is 0 Å². The normalized spacial score (nSPS) is 25.3. The second-order valence-electron chi connectivity index (χ2n) is 5.33. The number of hydrogen-bond donors (Lipinski definition) is 2. The van der Waals surface area contributed by atoms with Crippen LogP contribution in [0.25, 0.3) is 0 Å². The molecule has 3 atom stereocenters. The van der Waals surface area contributed by atoms with E-state index in [4.69, 9.17) is 5.84 Å². The van der Waals surface area contributed by atoms with E-state index < -0.39 is 11.6 Å². The molecule has 0 amide bonds. The summed E-state index contributed by atoms with van der Waals surface area (Å²) in [4.78, 5) is 0. The molecule has 100 valence electrons. The number of hydrazine groups is 1. The molecule has 0 spiro atoms. The van der Waals surface area contributed by atoms with Crippen LogP contribution in [0.3, 0.4) is 0 Å². The van der Waals surface area contributed by atoms with Crippen LogP contribution in [0.4, 0.5) is 8.78 Å². The average molecular weight is 254 g/mol. The highest BCUT2D eigenvalue weighted by molar-refractivity contribution is 5.19. The molecule has 0 bridgehead atoms. The van der Waals surface area contributed by atoms with Gasteiger partial charge in [-0.25, -0.2) is 8.78 Å². The summed E-state index contributed by atoms with van der Waals surface area (Å²) in [7, 11) is 0. The molecule has 1 aliphatic rings. The molecule has 0 heterocycles. The molecule has 0 radical (unpaired) electrons. The van der Waals surface area contributed by atoms with Crippen LogP contribution in [-0.2, 0) is 6.42 Å². The molecule has 3 N–H and O–H groups in total. The Morgan fingerprint density at radius 2 is 1.94 bits per heavy atom. The van der Waals surface area contributed by atoms with Gasteiger partial charge in [0.1, 0.15) is 11.6 Å². The predicted molar refractivity (Wildman–Crippen MR) is 67.7 cm³/mol. The summed E-state index contributed by atoms with van der Waals surface area (Å²) in [5.74, 6) is 5.65. The van der Waals surface area contributed by atoms with E-state index in [0.29, 0.717) is 23.8 Å². The van der Waals surface area contributed by atoms with Crippen LogP contribution in [0.15, 0.2) is 18.2 Å². The highest BCUT2D eigenvalue weighted by atomic mass is 19.1. The molecule has 4 heteroatoms. The van der Waals surface area contributed by atoms with Crippen molar-refractivity contribution in [2.24, 2.45) is 17.7 Å². The SMILES string of the molecule is CC1CCCC1C(Cc1cc(F)cc(F)c1)NN. The lowest BCUT2D eigenvalue weighted by Gasteiger charge is -2.26. The summed E-state index contributed by atoms with van der Waals surface area (Å²) in [5, 5.41) is 0. The maximum absolute atomic E-state index is 13.1. The van der Waals surface area contributed by atoms with Crippen molar-refractivity contribution in [3.8, 4) is 0 Å². The van der Waals surface area contributed by atoms with Gasteiger partial charge in [-0.05, 0) is 42.4 Å². The predicted octanol–water partition coefficient (Wildman–Crippen LogP) is 2.78. The van der Waals surface area contributed by atoms with E-state index >= 15 is 0 Å². The Bertz CT molecular complexity index is 389. The Morgan fingerprint density at radius 1 is 1.28 bits per heavy atom. The Labute approximate surface area is 107 Å². The van der Waals surface area contributed by atoms with Crippen molar-refractivity contribution in [3.05, 3.63) is 35.4 Å². The molecule has 2 nitrogen and oxygen atoms in total. The molecule has 1 aromatic rings. The first-order valence-corrected chi connectivity index (χ1v) is 6.51. The lowest BCUT2D eigenvalue weighted by molar-refractivity contribution is 0.297. The third kappa shape index (κ3) is 3.06. The maximum Gasteiger partial charge on any atom is 0.126 e. The Kier molecular flexibility index (Phi) is 4.30. The van der Waals surface area contributed by atoms with Gasteiger partial charge in [0.25, 0.3) is 0 Å². The van der Waals surface area contributed by atoms with Crippen molar-refractivity contribution in [3.63, 3.8) is 0 Å². The van der Waals surface area contributed by atoms with Crippen molar-refractivity contribution in [2.75, 3.05) is 0 Å². The molecular weight excluding hydrogens is 234 g/mol. The second-order valence-corrected chi connectivity index (χ2v) is 5.33. The maximum atomic E-state index is 13.1. The van der Waals surface area contributed by atoms with E-state index in [1.807, 2.05) is 0 Å². The minimum absolute atomic E-state index is 0.0868. The van der Waals surface area contributed by atoms with Gasteiger partial charge in [-0.3, -0.25) is 11.3 Å². The van der Waals surface area contributed by atoms with Gasteiger partial charge in [0.2, 0.25) is 0 Å². The molecule has 3 unspecified atom stereocenters. The first kappa shape index (κ1) is 13.4. The van der Waals surface area contributed by atoms with Crippen molar-refractivity contribution < 1.29 is 8.78 Å². The van der Waals surface area contributed by atoms with E-state index in [0.717, 1.165) is 12.5 Å². The number of halogens is 2. The minimum Gasteiger partial charge on any atom is -0.271 e. The number of hydrogen-bond acceptors (Lipinski definition) is 2. The quantitative estimate of drug-likeness (QED) is 0.640. The van der Waals surface area contributed by atoms with Crippen LogP contribution in [0.5, 0.6) is 0 Å². The van der Waals surface area contributed by atoms with E-state index in [2.05, 4.69) is 12.3 Å². The number of rotatable bonds is 4. The zero-order valence-corrected chi connectivity index (χ0v) is 10.6. The Hall–Kier alpha value is -1.00. The van der Waals surface area contributed by atoms with Crippen LogP contribution < -0.4 is 11.3 Å². The van der Waals surface area contributed by atoms with Crippen LogP contribution in [0.1, 0.15) is 31.7 Å². The third-order valence-electron chi connectivity index (χ3n) is 4.04. The molecule has 1 aliphatic carbocycles. The number of nitrogens with one attached hydrogen (secondary N) is 1. The highest BCUT2D eigenvalue weighted by Crippen LogP contribution is 2.34. The summed E-state index contributed by atoms with van der Waals surface area (Å²) in [6.07, 6.45) is 4.12. The fourth-order valence-corrected chi connectivity index (χ4v) is 3.09. The van der Waals surface area contributed by atoms with Crippen LogP contribution >= 0.6 is 0 Å². The van der Waals surface area contributed by atoms with Gasteiger partial charge in [-0.15, -0.1) is 0 Å². The topological polar surface area (TPSA) is 38.0 Å². The van der Waals surface area contributed by atoms with Gasteiger partial charge in [0.15, 0.2) is 0 Å². The molecular formula is C14H20F2N2. The average Bonchev–Trinajstić information content (AvgIpc) is 2.71. The van der Waals surface area contributed by atoms with Gasteiger partial charge in [-0.2, -0.15) is 0 Å². The summed E-state index contributed by atoms with van der Waals surface area (Å²) in [6, 6.07) is 3.75. The van der Waals surface area contributed by atoms with E-state index in [1.54, 1.807) is 0 Å². The summed E-state index contributed by atoms with van der Waals surface area (Å²) >= 11 is 0. The molecule has 1 aromatic carbocycles.